The standard InChI is InChI=1S/C25H16BrN3O2S/c26-18-9-7-8-17(14-18)15-22-24(31)29(20-12-5-2-6-13-20)25(32-22)21(16-27)23(30)28-19-10-3-1-4-11-19/h1-15H,(H,28,30)/b22-15+,25-21+. The lowest BCUT2D eigenvalue weighted by molar-refractivity contribution is -0.111. The number of rotatable bonds is 4. The largest absolute Gasteiger partial charge is 0.321 e. The van der Waals surface area contributed by atoms with Crippen molar-refractivity contribution in [3.05, 3.63) is 115 Å². The van der Waals surface area contributed by atoms with Crippen LogP contribution in [0.5, 0.6) is 0 Å². The molecule has 3 aromatic carbocycles. The third-order valence-corrected chi connectivity index (χ3v) is 6.15. The van der Waals surface area contributed by atoms with E-state index in [1.54, 1.807) is 54.6 Å². The lowest BCUT2D eigenvalue weighted by Gasteiger charge is -2.05. The minimum Gasteiger partial charge on any atom is -0.321 e. The summed E-state index contributed by atoms with van der Waals surface area (Å²) in [6.07, 6.45) is 1.75. The molecule has 0 saturated carbocycles. The van der Waals surface area contributed by atoms with Crippen LogP contribution < -0.4 is 20.1 Å². The fourth-order valence-electron chi connectivity index (χ4n) is 3.12. The predicted octanol–water partition coefficient (Wildman–Crippen LogP) is 3.80. The van der Waals surface area contributed by atoms with Gasteiger partial charge in [-0.1, -0.05) is 64.5 Å². The molecule has 32 heavy (non-hydrogen) atoms. The zero-order valence-corrected chi connectivity index (χ0v) is 19.1. The average Bonchev–Trinajstić information content (AvgIpc) is 3.11. The molecule has 0 unspecified atom stereocenters. The summed E-state index contributed by atoms with van der Waals surface area (Å²) in [5.74, 6) is -0.571. The van der Waals surface area contributed by atoms with E-state index in [-0.39, 0.29) is 15.8 Å². The molecule has 1 aromatic heterocycles. The number of hydrogen-bond acceptors (Lipinski definition) is 4. The minimum absolute atomic E-state index is 0.131. The summed E-state index contributed by atoms with van der Waals surface area (Å²) in [6.45, 7) is 0. The summed E-state index contributed by atoms with van der Waals surface area (Å²) in [4.78, 5) is 26.3. The molecule has 1 heterocycles. The van der Waals surface area contributed by atoms with E-state index < -0.39 is 5.91 Å². The highest BCUT2D eigenvalue weighted by atomic mass is 79.9. The number of nitrogens with one attached hydrogen (secondary N) is 1. The molecule has 4 aromatic rings. The fourth-order valence-corrected chi connectivity index (χ4v) is 4.64. The van der Waals surface area contributed by atoms with E-state index >= 15 is 0 Å². The van der Waals surface area contributed by atoms with Crippen molar-refractivity contribution in [3.63, 3.8) is 0 Å². The Labute approximate surface area is 196 Å². The van der Waals surface area contributed by atoms with E-state index in [0.717, 1.165) is 21.4 Å². The van der Waals surface area contributed by atoms with E-state index in [2.05, 4.69) is 21.2 Å². The molecule has 0 spiro atoms. The van der Waals surface area contributed by atoms with Crippen molar-refractivity contribution in [1.82, 2.24) is 4.57 Å². The van der Waals surface area contributed by atoms with Crippen molar-refractivity contribution < 1.29 is 4.79 Å². The zero-order chi connectivity index (χ0) is 22.5. The van der Waals surface area contributed by atoms with Crippen molar-refractivity contribution in [2.75, 3.05) is 5.32 Å². The zero-order valence-electron chi connectivity index (χ0n) is 16.7. The molecule has 0 saturated heterocycles. The number of thiazole rings is 1. The maximum Gasteiger partial charge on any atom is 0.273 e. The molecule has 5 nitrogen and oxygen atoms in total. The van der Waals surface area contributed by atoms with Crippen LogP contribution in [0.25, 0.3) is 17.3 Å². The molecule has 0 aliphatic rings. The lowest BCUT2D eigenvalue weighted by Crippen LogP contribution is -2.32. The van der Waals surface area contributed by atoms with Crippen LogP contribution in [0.15, 0.2) is 94.2 Å². The molecule has 0 radical (unpaired) electrons. The molecule has 1 amide bonds. The van der Waals surface area contributed by atoms with Gasteiger partial charge >= 0.3 is 0 Å². The summed E-state index contributed by atoms with van der Waals surface area (Å²) in [7, 11) is 0. The van der Waals surface area contributed by atoms with Crippen molar-refractivity contribution in [3.8, 4) is 11.8 Å². The number of nitriles is 1. The number of anilines is 1. The maximum absolute atomic E-state index is 13.4. The second-order valence-electron chi connectivity index (χ2n) is 6.75. The third kappa shape index (κ3) is 4.62. The van der Waals surface area contributed by atoms with Gasteiger partial charge in [0, 0.05) is 10.2 Å². The number of amides is 1. The van der Waals surface area contributed by atoms with Crippen LogP contribution in [-0.2, 0) is 4.79 Å². The van der Waals surface area contributed by atoms with E-state index in [4.69, 9.17) is 0 Å². The van der Waals surface area contributed by atoms with Crippen LogP contribution in [-0.4, -0.2) is 10.5 Å². The Morgan fingerprint density at radius 3 is 2.34 bits per heavy atom. The minimum atomic E-state index is -0.571. The number of aromatic nitrogens is 1. The van der Waals surface area contributed by atoms with Crippen LogP contribution >= 0.6 is 27.3 Å². The van der Waals surface area contributed by atoms with Gasteiger partial charge in [-0.15, -0.1) is 11.3 Å². The summed E-state index contributed by atoms with van der Waals surface area (Å²) >= 11 is 4.55. The molecule has 0 atom stereocenters. The molecule has 0 fully saturated rings. The first-order valence-electron chi connectivity index (χ1n) is 9.62. The number of halogens is 1. The molecule has 156 valence electrons. The van der Waals surface area contributed by atoms with Gasteiger partial charge in [0.25, 0.3) is 11.5 Å². The number of benzene rings is 3. The Hall–Kier alpha value is -3.73. The highest BCUT2D eigenvalue weighted by Crippen LogP contribution is 2.12. The Balaban J connectivity index is 1.97. The van der Waals surface area contributed by atoms with E-state index in [1.807, 2.05) is 42.5 Å². The van der Waals surface area contributed by atoms with Gasteiger partial charge in [-0.05, 0) is 48.0 Å². The summed E-state index contributed by atoms with van der Waals surface area (Å²) in [5, 5.41) is 12.6. The quantitative estimate of drug-likeness (QED) is 0.462. The molecule has 1 N–H and O–H groups in total. The van der Waals surface area contributed by atoms with Crippen molar-refractivity contribution in [1.29, 1.82) is 5.26 Å². The second-order valence-corrected chi connectivity index (χ2v) is 8.70. The fraction of sp³-hybridized carbons (Fsp3) is 0. The Morgan fingerprint density at radius 2 is 1.69 bits per heavy atom. The Kier molecular flexibility index (Phi) is 6.45. The topological polar surface area (TPSA) is 74.9 Å². The van der Waals surface area contributed by atoms with E-state index in [9.17, 15) is 14.9 Å². The second kappa shape index (κ2) is 9.60. The molecular weight excluding hydrogens is 486 g/mol. The van der Waals surface area contributed by atoms with Gasteiger partial charge in [-0.3, -0.25) is 14.2 Å². The van der Waals surface area contributed by atoms with Crippen molar-refractivity contribution >= 4 is 50.5 Å². The molecular formula is C25H16BrN3O2S. The van der Waals surface area contributed by atoms with E-state index in [1.165, 1.54) is 4.57 Å². The van der Waals surface area contributed by atoms with Crippen LogP contribution in [0.3, 0.4) is 0 Å². The maximum atomic E-state index is 13.4. The van der Waals surface area contributed by atoms with E-state index in [0.29, 0.717) is 15.9 Å². The average molecular weight is 502 g/mol. The Morgan fingerprint density at radius 1 is 1.00 bits per heavy atom. The molecule has 0 aliphatic carbocycles. The summed E-state index contributed by atoms with van der Waals surface area (Å²) in [6, 6.07) is 27.4. The van der Waals surface area contributed by atoms with Gasteiger partial charge in [0.15, 0.2) is 5.57 Å². The number of nitrogens with zero attached hydrogens (tertiary/aromatic N) is 2. The van der Waals surface area contributed by atoms with Crippen LogP contribution in [0.4, 0.5) is 5.69 Å². The van der Waals surface area contributed by atoms with Gasteiger partial charge in [0.2, 0.25) is 0 Å². The summed E-state index contributed by atoms with van der Waals surface area (Å²) < 4.78 is 3.00. The predicted molar refractivity (Wildman–Crippen MR) is 131 cm³/mol. The monoisotopic (exact) mass is 501 g/mol. The van der Waals surface area contributed by atoms with Gasteiger partial charge in [0.05, 0.1) is 10.2 Å². The number of carbonyl (C=O) groups is 1. The molecule has 4 rings (SSSR count). The highest BCUT2D eigenvalue weighted by molar-refractivity contribution is 9.10. The SMILES string of the molecule is N#C/C(C(=O)Nc1ccccc1)=c1\s/c(=C/c2cccc(Br)c2)c(=O)n1-c1ccccc1. The number of carbonyl (C=O) groups excluding carboxylic acids is 1. The first kappa shape index (κ1) is 21.5. The van der Waals surface area contributed by atoms with Crippen LogP contribution in [0.1, 0.15) is 5.56 Å². The van der Waals surface area contributed by atoms with Gasteiger partial charge < -0.3 is 5.32 Å². The Bertz CT molecular complexity index is 1500. The normalized spacial score (nSPS) is 12.2. The smallest absolute Gasteiger partial charge is 0.273 e. The molecule has 0 aliphatic heterocycles. The van der Waals surface area contributed by atoms with Gasteiger partial charge in [-0.2, -0.15) is 5.26 Å². The first-order valence-corrected chi connectivity index (χ1v) is 11.2. The number of hydrogen-bond donors (Lipinski definition) is 1. The van der Waals surface area contributed by atoms with Crippen molar-refractivity contribution in [2.45, 2.75) is 0 Å². The van der Waals surface area contributed by atoms with Crippen LogP contribution in [0, 0.1) is 11.3 Å². The first-order chi connectivity index (χ1) is 15.6. The van der Waals surface area contributed by atoms with Gasteiger partial charge in [0.1, 0.15) is 10.7 Å². The van der Waals surface area contributed by atoms with Crippen LogP contribution in [0.2, 0.25) is 0 Å². The van der Waals surface area contributed by atoms with Gasteiger partial charge in [-0.25, -0.2) is 0 Å². The summed E-state index contributed by atoms with van der Waals surface area (Å²) in [5.41, 5.74) is 1.55. The third-order valence-electron chi connectivity index (χ3n) is 4.57. The molecule has 7 heteroatoms. The lowest BCUT2D eigenvalue weighted by atomic mass is 10.2. The molecule has 0 bridgehead atoms. The highest BCUT2D eigenvalue weighted by Gasteiger charge is 2.17. The van der Waals surface area contributed by atoms with Crippen molar-refractivity contribution in [2.24, 2.45) is 0 Å². The number of para-hydroxylation sites is 2.